The molecule has 1 aromatic heterocycles. The van der Waals surface area contributed by atoms with Gasteiger partial charge in [0.05, 0.1) is 23.9 Å². The Hall–Kier alpha value is -3.63. The molecule has 7 heteroatoms. The zero-order valence-electron chi connectivity index (χ0n) is 16.8. The van der Waals surface area contributed by atoms with Gasteiger partial charge in [0.25, 0.3) is 0 Å². The maximum atomic E-state index is 14.7. The number of halogens is 1. The fourth-order valence-corrected chi connectivity index (χ4v) is 4.11. The summed E-state index contributed by atoms with van der Waals surface area (Å²) in [7, 11) is 0. The van der Waals surface area contributed by atoms with Crippen LogP contribution >= 0.6 is 11.8 Å². The third-order valence-corrected chi connectivity index (χ3v) is 5.62. The van der Waals surface area contributed by atoms with Crippen LogP contribution < -0.4 is 4.74 Å². The molecular formula is C24H19FN4OS. The summed E-state index contributed by atoms with van der Waals surface area (Å²) in [6.45, 7) is 2.51. The maximum absolute atomic E-state index is 14.7. The topological polar surface area (TPSA) is 63.7 Å². The van der Waals surface area contributed by atoms with Crippen molar-refractivity contribution in [2.45, 2.75) is 17.8 Å². The summed E-state index contributed by atoms with van der Waals surface area (Å²) in [4.78, 5) is 0. The summed E-state index contributed by atoms with van der Waals surface area (Å²) in [5, 5.41) is 18.6. The predicted octanol–water partition coefficient (Wildman–Crippen LogP) is 5.64. The van der Waals surface area contributed by atoms with Gasteiger partial charge in [-0.2, -0.15) is 5.26 Å². The predicted molar refractivity (Wildman–Crippen MR) is 119 cm³/mol. The van der Waals surface area contributed by atoms with Crippen LogP contribution in [0.1, 0.15) is 18.1 Å². The van der Waals surface area contributed by atoms with Crippen LogP contribution in [0.2, 0.25) is 0 Å². The number of benzene rings is 3. The molecule has 0 atom stereocenters. The first-order valence-corrected chi connectivity index (χ1v) is 10.7. The van der Waals surface area contributed by atoms with E-state index in [1.165, 1.54) is 17.8 Å². The molecule has 0 amide bonds. The first-order valence-electron chi connectivity index (χ1n) is 9.75. The highest BCUT2D eigenvalue weighted by molar-refractivity contribution is 7.98. The van der Waals surface area contributed by atoms with Gasteiger partial charge in [-0.3, -0.25) is 4.57 Å². The van der Waals surface area contributed by atoms with Crippen molar-refractivity contribution in [3.63, 3.8) is 0 Å². The number of thioether (sulfide) groups is 1. The van der Waals surface area contributed by atoms with Crippen LogP contribution in [0.15, 0.2) is 78.0 Å². The van der Waals surface area contributed by atoms with E-state index in [1.54, 1.807) is 28.8 Å². The molecule has 0 saturated heterocycles. The summed E-state index contributed by atoms with van der Waals surface area (Å²) >= 11 is 1.41. The van der Waals surface area contributed by atoms with Crippen molar-refractivity contribution in [3.05, 3.63) is 89.7 Å². The molecule has 0 bridgehead atoms. The van der Waals surface area contributed by atoms with Gasteiger partial charge in [-0.1, -0.05) is 42.1 Å². The van der Waals surface area contributed by atoms with Crippen molar-refractivity contribution in [1.82, 2.24) is 14.8 Å². The molecule has 0 spiro atoms. The van der Waals surface area contributed by atoms with Gasteiger partial charge < -0.3 is 4.74 Å². The molecule has 1 heterocycles. The Balaban J connectivity index is 1.74. The van der Waals surface area contributed by atoms with Gasteiger partial charge in [0.15, 0.2) is 11.0 Å². The number of nitriles is 1. The molecule has 3 aromatic carbocycles. The number of ether oxygens (including phenoxy) is 1. The average Bonchev–Trinajstić information content (AvgIpc) is 3.22. The van der Waals surface area contributed by atoms with Gasteiger partial charge in [-0.25, -0.2) is 4.39 Å². The smallest absolute Gasteiger partial charge is 0.196 e. The molecular weight excluding hydrogens is 411 g/mol. The van der Waals surface area contributed by atoms with Crippen LogP contribution in [-0.2, 0) is 5.75 Å². The number of para-hydroxylation sites is 1. The van der Waals surface area contributed by atoms with E-state index in [9.17, 15) is 9.65 Å². The van der Waals surface area contributed by atoms with E-state index in [2.05, 4.69) is 16.3 Å². The van der Waals surface area contributed by atoms with Crippen LogP contribution in [0.4, 0.5) is 4.39 Å². The van der Waals surface area contributed by atoms with Crippen LogP contribution in [0.5, 0.6) is 5.75 Å². The van der Waals surface area contributed by atoms with E-state index < -0.39 is 0 Å². The Morgan fingerprint density at radius 2 is 1.74 bits per heavy atom. The first-order chi connectivity index (χ1) is 15.2. The Morgan fingerprint density at radius 3 is 2.48 bits per heavy atom. The molecule has 154 valence electrons. The summed E-state index contributed by atoms with van der Waals surface area (Å²) in [6, 6.07) is 23.6. The highest BCUT2D eigenvalue weighted by Crippen LogP contribution is 2.32. The molecule has 0 radical (unpaired) electrons. The van der Waals surface area contributed by atoms with Crippen LogP contribution in [-0.4, -0.2) is 21.4 Å². The van der Waals surface area contributed by atoms with Crippen LogP contribution in [0.3, 0.4) is 0 Å². The SMILES string of the molecule is CCOc1ccc(-c2nnc(SCc3ccccc3C#N)n2-c2ccccc2F)cc1. The Labute approximate surface area is 184 Å². The lowest BCUT2D eigenvalue weighted by Gasteiger charge is -2.12. The van der Waals surface area contributed by atoms with Gasteiger partial charge in [0, 0.05) is 11.3 Å². The third-order valence-electron chi connectivity index (χ3n) is 4.64. The highest BCUT2D eigenvalue weighted by atomic mass is 32.2. The number of hydrogen-bond donors (Lipinski definition) is 0. The molecule has 4 rings (SSSR count). The van der Waals surface area contributed by atoms with Crippen molar-refractivity contribution >= 4 is 11.8 Å². The molecule has 5 nitrogen and oxygen atoms in total. The Kier molecular flexibility index (Phi) is 6.29. The minimum Gasteiger partial charge on any atom is -0.494 e. The van der Waals surface area contributed by atoms with Crippen LogP contribution in [0.25, 0.3) is 17.1 Å². The van der Waals surface area contributed by atoms with Gasteiger partial charge in [0.2, 0.25) is 0 Å². The summed E-state index contributed by atoms with van der Waals surface area (Å²) in [6.07, 6.45) is 0. The molecule has 0 fully saturated rings. The van der Waals surface area contributed by atoms with Gasteiger partial charge in [-0.15, -0.1) is 10.2 Å². The minimum atomic E-state index is -0.367. The molecule has 0 unspecified atom stereocenters. The van der Waals surface area contributed by atoms with Gasteiger partial charge >= 0.3 is 0 Å². The molecule has 0 N–H and O–H groups in total. The molecule has 31 heavy (non-hydrogen) atoms. The van der Waals surface area contributed by atoms with Crippen molar-refractivity contribution in [3.8, 4) is 28.9 Å². The fourth-order valence-electron chi connectivity index (χ4n) is 3.17. The van der Waals surface area contributed by atoms with E-state index in [1.807, 2.05) is 49.4 Å². The lowest BCUT2D eigenvalue weighted by molar-refractivity contribution is 0.340. The van der Waals surface area contributed by atoms with E-state index in [0.29, 0.717) is 34.6 Å². The lowest BCUT2D eigenvalue weighted by Crippen LogP contribution is -2.02. The summed E-state index contributed by atoms with van der Waals surface area (Å²) in [5.41, 5.74) is 2.66. The Bertz CT molecular complexity index is 1230. The lowest BCUT2D eigenvalue weighted by atomic mass is 10.1. The maximum Gasteiger partial charge on any atom is 0.196 e. The van der Waals surface area contributed by atoms with Crippen molar-refractivity contribution < 1.29 is 9.13 Å². The number of hydrogen-bond acceptors (Lipinski definition) is 5. The Morgan fingerprint density at radius 1 is 1.00 bits per heavy atom. The van der Waals surface area contributed by atoms with Gasteiger partial charge in [-0.05, 0) is 55.0 Å². The van der Waals surface area contributed by atoms with Crippen LogP contribution in [0, 0.1) is 17.1 Å². The molecule has 0 aliphatic heterocycles. The second kappa shape index (κ2) is 9.45. The summed E-state index contributed by atoms with van der Waals surface area (Å²) in [5.74, 6) is 1.43. The number of aromatic nitrogens is 3. The first kappa shape index (κ1) is 20.6. The largest absolute Gasteiger partial charge is 0.494 e. The van der Waals surface area contributed by atoms with Crippen molar-refractivity contribution in [2.24, 2.45) is 0 Å². The van der Waals surface area contributed by atoms with E-state index in [4.69, 9.17) is 4.74 Å². The monoisotopic (exact) mass is 430 g/mol. The second-order valence-electron chi connectivity index (χ2n) is 6.61. The summed E-state index contributed by atoms with van der Waals surface area (Å²) < 4.78 is 22.0. The number of nitrogens with zero attached hydrogens (tertiary/aromatic N) is 4. The minimum absolute atomic E-state index is 0.367. The normalized spacial score (nSPS) is 10.6. The van der Waals surface area contributed by atoms with Crippen molar-refractivity contribution in [1.29, 1.82) is 5.26 Å². The van der Waals surface area contributed by atoms with E-state index >= 15 is 0 Å². The fraction of sp³-hybridized carbons (Fsp3) is 0.125. The third kappa shape index (κ3) is 4.44. The quantitative estimate of drug-likeness (QED) is 0.355. The molecule has 0 aliphatic rings. The zero-order chi connectivity index (χ0) is 21.6. The van der Waals surface area contributed by atoms with E-state index in [-0.39, 0.29) is 5.82 Å². The average molecular weight is 431 g/mol. The highest BCUT2D eigenvalue weighted by Gasteiger charge is 2.19. The second-order valence-corrected chi connectivity index (χ2v) is 7.55. The molecule has 0 saturated carbocycles. The van der Waals surface area contributed by atoms with Gasteiger partial charge in [0.1, 0.15) is 11.6 Å². The van der Waals surface area contributed by atoms with E-state index in [0.717, 1.165) is 16.9 Å². The standard InChI is InChI=1S/C24H19FN4OS/c1-2-30-20-13-11-17(12-14-20)23-27-28-24(29(23)22-10-6-5-9-21(22)25)31-16-19-8-4-3-7-18(19)15-26/h3-14H,2,16H2,1H3. The zero-order valence-corrected chi connectivity index (χ0v) is 17.6. The molecule has 4 aromatic rings. The number of rotatable bonds is 7. The van der Waals surface area contributed by atoms with Crippen molar-refractivity contribution in [2.75, 3.05) is 6.61 Å². The molecule has 0 aliphatic carbocycles.